The summed E-state index contributed by atoms with van der Waals surface area (Å²) >= 11 is 0. The number of aromatic nitrogens is 1. The molecule has 10 nitrogen and oxygen atoms in total. The van der Waals surface area contributed by atoms with Crippen molar-refractivity contribution >= 4 is 17.8 Å². The molecule has 0 saturated heterocycles. The van der Waals surface area contributed by atoms with Gasteiger partial charge in [-0.1, -0.05) is 49.7 Å². The van der Waals surface area contributed by atoms with Crippen LogP contribution in [0.15, 0.2) is 42.6 Å². The van der Waals surface area contributed by atoms with E-state index in [1.807, 2.05) is 32.0 Å². The molecule has 0 radical (unpaired) electrons. The summed E-state index contributed by atoms with van der Waals surface area (Å²) in [6.45, 7) is 12.4. The van der Waals surface area contributed by atoms with Crippen LogP contribution in [0.1, 0.15) is 76.9 Å². The second-order valence-corrected chi connectivity index (χ2v) is 9.68. The lowest BCUT2D eigenvalue weighted by Gasteiger charge is -2.27. The molecular formula is C30H44N2O8. The number of methoxy groups -OCH3 is 1. The summed E-state index contributed by atoms with van der Waals surface area (Å²) in [5, 5.41) is 2.62. The van der Waals surface area contributed by atoms with Crippen molar-refractivity contribution in [2.75, 3.05) is 20.5 Å². The summed E-state index contributed by atoms with van der Waals surface area (Å²) in [6, 6.07) is 11.8. The number of ether oxygens (including phenoxy) is 5. The van der Waals surface area contributed by atoms with Crippen LogP contribution in [0.4, 0.5) is 0 Å². The Bertz CT molecular complexity index is 1060. The van der Waals surface area contributed by atoms with E-state index < -0.39 is 36.3 Å². The van der Waals surface area contributed by atoms with Crippen LogP contribution >= 0.6 is 0 Å². The van der Waals surface area contributed by atoms with Gasteiger partial charge in [-0.05, 0) is 40.5 Å². The van der Waals surface area contributed by atoms with E-state index in [2.05, 4.69) is 29.4 Å². The van der Waals surface area contributed by atoms with Crippen LogP contribution < -0.4 is 14.8 Å². The first-order valence-corrected chi connectivity index (χ1v) is 13.4. The van der Waals surface area contributed by atoms with Crippen LogP contribution in [0, 0.1) is 6.92 Å². The van der Waals surface area contributed by atoms with Crippen molar-refractivity contribution in [3.8, 4) is 11.5 Å². The minimum absolute atomic E-state index is 0.0108. The van der Waals surface area contributed by atoms with Crippen molar-refractivity contribution < 1.29 is 38.1 Å². The molecule has 0 aliphatic carbocycles. The standard InChI is InChI=1S/C23H36N2O8.C7H8/c1-8-12-30-17(9-2)13-15(3)33-22(28)23(5,6)25-21(27)19-20(32-14-31-16(4)26)18(29-7)10-11-24-19;1-7-5-3-2-4-6-7/h10-11,15,17H,8-9,12-14H2,1-7H3,(H,25,27);2-6H,1H3. The molecule has 0 aliphatic heterocycles. The van der Waals surface area contributed by atoms with Gasteiger partial charge in [0, 0.05) is 32.2 Å². The zero-order chi connectivity index (χ0) is 30.1. The van der Waals surface area contributed by atoms with Gasteiger partial charge in [-0.3, -0.25) is 9.59 Å². The Kier molecular flexibility index (Phi) is 15.3. The fraction of sp³-hybridized carbons (Fsp3) is 0.533. The first kappa shape index (κ1) is 34.4. The Labute approximate surface area is 237 Å². The maximum Gasteiger partial charge on any atom is 0.331 e. The summed E-state index contributed by atoms with van der Waals surface area (Å²) in [7, 11) is 1.40. The Morgan fingerprint density at radius 1 is 1.07 bits per heavy atom. The number of carbonyl (C=O) groups is 3. The highest BCUT2D eigenvalue weighted by molar-refractivity contribution is 5.99. The van der Waals surface area contributed by atoms with Gasteiger partial charge in [0.05, 0.1) is 13.2 Å². The number of nitrogens with zero attached hydrogens (tertiary/aromatic N) is 1. The van der Waals surface area contributed by atoms with Crippen LogP contribution in [0.2, 0.25) is 0 Å². The van der Waals surface area contributed by atoms with Gasteiger partial charge in [0.15, 0.2) is 17.2 Å². The molecule has 1 amide bonds. The third-order valence-corrected chi connectivity index (χ3v) is 5.56. The maximum absolute atomic E-state index is 12.9. The van der Waals surface area contributed by atoms with Crippen LogP contribution in [-0.4, -0.2) is 61.1 Å². The molecular weight excluding hydrogens is 516 g/mol. The maximum atomic E-state index is 12.9. The molecule has 0 fully saturated rings. The van der Waals surface area contributed by atoms with Gasteiger partial charge in [-0.15, -0.1) is 0 Å². The van der Waals surface area contributed by atoms with Gasteiger partial charge in [-0.25, -0.2) is 9.78 Å². The number of benzene rings is 1. The number of nitrogens with one attached hydrogen (secondary N) is 1. The van der Waals surface area contributed by atoms with Crippen molar-refractivity contribution in [1.29, 1.82) is 0 Å². The van der Waals surface area contributed by atoms with E-state index >= 15 is 0 Å². The number of amides is 1. The molecule has 10 heteroatoms. The molecule has 0 spiro atoms. The lowest BCUT2D eigenvalue weighted by molar-refractivity contribution is -0.156. The lowest BCUT2D eigenvalue weighted by Crippen LogP contribution is -2.51. The number of hydrogen-bond acceptors (Lipinski definition) is 9. The lowest BCUT2D eigenvalue weighted by atomic mass is 10.0. The number of esters is 2. The monoisotopic (exact) mass is 560 g/mol. The minimum atomic E-state index is -1.35. The zero-order valence-corrected chi connectivity index (χ0v) is 24.9. The molecule has 40 heavy (non-hydrogen) atoms. The number of rotatable bonds is 14. The van der Waals surface area contributed by atoms with E-state index in [1.54, 1.807) is 6.92 Å². The van der Waals surface area contributed by atoms with Crippen LogP contribution in [0.25, 0.3) is 0 Å². The van der Waals surface area contributed by atoms with E-state index in [4.69, 9.17) is 23.7 Å². The Balaban J connectivity index is 0.000000985. The predicted octanol–water partition coefficient (Wildman–Crippen LogP) is 5.02. The number of carbonyl (C=O) groups excluding carboxylic acids is 3. The van der Waals surface area contributed by atoms with Crippen molar-refractivity contribution in [2.24, 2.45) is 0 Å². The smallest absolute Gasteiger partial charge is 0.331 e. The molecule has 1 aromatic heterocycles. The van der Waals surface area contributed by atoms with Gasteiger partial charge in [-0.2, -0.15) is 0 Å². The van der Waals surface area contributed by atoms with Crippen LogP contribution in [0.5, 0.6) is 11.5 Å². The van der Waals surface area contributed by atoms with Crippen LogP contribution in [0.3, 0.4) is 0 Å². The third kappa shape index (κ3) is 12.5. The molecule has 0 bridgehead atoms. The van der Waals surface area contributed by atoms with Crippen molar-refractivity contribution in [3.05, 3.63) is 53.9 Å². The quantitative estimate of drug-likeness (QED) is 0.251. The number of hydrogen-bond donors (Lipinski definition) is 1. The SMILES string of the molecule is CCCOC(CC)CC(C)OC(=O)C(C)(C)NC(=O)c1nccc(OC)c1OCOC(C)=O.Cc1ccccc1. The largest absolute Gasteiger partial charge is 0.493 e. The van der Waals surface area contributed by atoms with Gasteiger partial charge in [0.1, 0.15) is 11.6 Å². The molecule has 1 N–H and O–H groups in total. The van der Waals surface area contributed by atoms with E-state index in [0.29, 0.717) is 13.0 Å². The van der Waals surface area contributed by atoms with Gasteiger partial charge in [0.2, 0.25) is 6.79 Å². The van der Waals surface area contributed by atoms with E-state index in [0.717, 1.165) is 12.8 Å². The fourth-order valence-electron chi connectivity index (χ4n) is 3.38. The zero-order valence-electron chi connectivity index (χ0n) is 24.9. The molecule has 222 valence electrons. The summed E-state index contributed by atoms with van der Waals surface area (Å²) in [5.74, 6) is -1.63. The van der Waals surface area contributed by atoms with Gasteiger partial charge < -0.3 is 29.0 Å². The van der Waals surface area contributed by atoms with Crippen molar-refractivity contribution in [2.45, 2.75) is 85.5 Å². The first-order valence-electron chi connectivity index (χ1n) is 13.4. The van der Waals surface area contributed by atoms with Gasteiger partial charge in [0.25, 0.3) is 5.91 Å². The number of aryl methyl sites for hydroxylation is 1. The van der Waals surface area contributed by atoms with E-state index in [-0.39, 0.29) is 23.3 Å². The predicted molar refractivity (Wildman–Crippen MR) is 151 cm³/mol. The first-order chi connectivity index (χ1) is 18.9. The van der Waals surface area contributed by atoms with Crippen LogP contribution in [-0.2, 0) is 23.8 Å². The van der Waals surface area contributed by atoms with Crippen molar-refractivity contribution in [1.82, 2.24) is 10.3 Å². The number of pyridine rings is 1. The summed E-state index contributed by atoms with van der Waals surface area (Å²) in [5.41, 5.74) is -0.160. The Morgan fingerprint density at radius 2 is 1.75 bits per heavy atom. The molecule has 0 saturated carbocycles. The average molecular weight is 561 g/mol. The third-order valence-electron chi connectivity index (χ3n) is 5.56. The highest BCUT2D eigenvalue weighted by atomic mass is 16.7. The summed E-state index contributed by atoms with van der Waals surface area (Å²) < 4.78 is 26.7. The van der Waals surface area contributed by atoms with Gasteiger partial charge >= 0.3 is 11.9 Å². The Hall–Kier alpha value is -3.66. The fourth-order valence-corrected chi connectivity index (χ4v) is 3.38. The summed E-state index contributed by atoms with van der Waals surface area (Å²) in [4.78, 5) is 40.8. The van der Waals surface area contributed by atoms with E-state index in [1.165, 1.54) is 45.7 Å². The minimum Gasteiger partial charge on any atom is -0.493 e. The summed E-state index contributed by atoms with van der Waals surface area (Å²) in [6.07, 6.45) is 3.23. The molecule has 2 rings (SSSR count). The second kappa shape index (κ2) is 17.8. The normalized spacial score (nSPS) is 12.2. The molecule has 1 aromatic carbocycles. The second-order valence-electron chi connectivity index (χ2n) is 9.68. The average Bonchev–Trinajstić information content (AvgIpc) is 2.91. The molecule has 2 unspecified atom stereocenters. The topological polar surface area (TPSA) is 122 Å². The van der Waals surface area contributed by atoms with E-state index in [9.17, 15) is 14.4 Å². The molecule has 1 heterocycles. The van der Waals surface area contributed by atoms with Crippen molar-refractivity contribution in [3.63, 3.8) is 0 Å². The molecule has 2 atom stereocenters. The Morgan fingerprint density at radius 3 is 2.27 bits per heavy atom. The highest BCUT2D eigenvalue weighted by Crippen LogP contribution is 2.30. The molecule has 0 aliphatic rings. The molecule has 2 aromatic rings. The highest BCUT2D eigenvalue weighted by Gasteiger charge is 2.34.